The first-order chi connectivity index (χ1) is 21.3. The molecule has 5 rings (SSSR count). The van der Waals surface area contributed by atoms with Crippen LogP contribution in [0.5, 0.6) is 0 Å². The van der Waals surface area contributed by atoms with Gasteiger partial charge in [-0.25, -0.2) is 26.0 Å². The van der Waals surface area contributed by atoms with Crippen LogP contribution in [-0.2, 0) is 36.3 Å². The van der Waals surface area contributed by atoms with Crippen LogP contribution < -0.4 is 0 Å². The summed E-state index contributed by atoms with van der Waals surface area (Å²) in [6.45, 7) is -2.20. The van der Waals surface area contributed by atoms with Gasteiger partial charge in [0.1, 0.15) is 28.4 Å². The minimum atomic E-state index is -6.23. The number of halogens is 10. The van der Waals surface area contributed by atoms with Crippen molar-refractivity contribution in [2.24, 2.45) is 5.92 Å². The molecule has 1 heterocycles. The molecule has 0 unspecified atom stereocenters. The molecule has 46 heavy (non-hydrogen) atoms. The number of ether oxygens (including phenoxy) is 1. The summed E-state index contributed by atoms with van der Waals surface area (Å²) >= 11 is 0. The van der Waals surface area contributed by atoms with Crippen LogP contribution in [0, 0.1) is 23.4 Å². The molecule has 0 N–H and O–H groups in total. The highest BCUT2D eigenvalue weighted by molar-refractivity contribution is 7.92. The largest absolute Gasteiger partial charge is 0.430 e. The van der Waals surface area contributed by atoms with Crippen molar-refractivity contribution in [3.63, 3.8) is 0 Å². The van der Waals surface area contributed by atoms with Crippen LogP contribution in [0.15, 0.2) is 71.6 Å². The Labute approximate surface area is 255 Å². The monoisotopic (exact) mass is 683 g/mol. The van der Waals surface area contributed by atoms with Gasteiger partial charge in [0.05, 0.1) is 24.6 Å². The van der Waals surface area contributed by atoms with Gasteiger partial charge in [0, 0.05) is 17.0 Å². The molecule has 1 saturated carbocycles. The fraction of sp³-hybridized carbons (Fsp3) is 0.367. The lowest BCUT2D eigenvalue weighted by Gasteiger charge is -2.49. The number of nitrogens with zero attached hydrogens (tertiary/aromatic N) is 1. The second kappa shape index (κ2) is 11.5. The smallest absolute Gasteiger partial charge is 0.349 e. The number of carbonyl (C=O) groups excluding carboxylic acids is 1. The van der Waals surface area contributed by atoms with E-state index in [1.165, 1.54) is 0 Å². The molecule has 3 aromatic carbocycles. The van der Waals surface area contributed by atoms with Gasteiger partial charge in [-0.1, -0.05) is 30.3 Å². The van der Waals surface area contributed by atoms with Crippen molar-refractivity contribution in [2.45, 2.75) is 53.2 Å². The Balaban J connectivity index is 1.56. The molecule has 0 bridgehead atoms. The number of hydrogen-bond donors (Lipinski definition) is 0. The maximum absolute atomic E-state index is 14.4. The third-order valence-corrected chi connectivity index (χ3v) is 10.9. The molecule has 0 atom stereocenters. The molecule has 1 aliphatic heterocycles. The van der Waals surface area contributed by atoms with Gasteiger partial charge < -0.3 is 9.64 Å². The molecule has 2 aliphatic rings. The third-order valence-electron chi connectivity index (χ3n) is 8.40. The van der Waals surface area contributed by atoms with Gasteiger partial charge in [0.15, 0.2) is 9.84 Å². The fourth-order valence-electron chi connectivity index (χ4n) is 5.82. The summed E-state index contributed by atoms with van der Waals surface area (Å²) in [5.41, 5.74) is -8.14. The van der Waals surface area contributed by atoms with Crippen molar-refractivity contribution in [2.75, 3.05) is 13.1 Å². The Hall–Kier alpha value is -3.66. The van der Waals surface area contributed by atoms with E-state index in [-0.39, 0.29) is 18.7 Å². The van der Waals surface area contributed by atoms with Gasteiger partial charge in [-0.05, 0) is 54.8 Å². The molecule has 2 fully saturated rings. The molecule has 5 nitrogen and oxygen atoms in total. The Morgan fingerprint density at radius 1 is 0.826 bits per heavy atom. The van der Waals surface area contributed by atoms with Gasteiger partial charge in [-0.2, -0.15) is 26.3 Å². The molecule has 248 valence electrons. The summed E-state index contributed by atoms with van der Waals surface area (Å²) < 4.78 is 171. The number of benzene rings is 3. The first-order valence-corrected chi connectivity index (χ1v) is 15.1. The van der Waals surface area contributed by atoms with Crippen molar-refractivity contribution in [1.82, 2.24) is 4.90 Å². The zero-order valence-electron chi connectivity index (χ0n) is 23.3. The van der Waals surface area contributed by atoms with Crippen LogP contribution in [0.2, 0.25) is 0 Å². The van der Waals surface area contributed by atoms with Gasteiger partial charge in [-0.15, -0.1) is 0 Å². The van der Waals surface area contributed by atoms with Crippen molar-refractivity contribution in [3.05, 3.63) is 101 Å². The molecule has 0 aromatic heterocycles. The number of sulfone groups is 1. The van der Waals surface area contributed by atoms with Gasteiger partial charge in [0.2, 0.25) is 5.91 Å². The summed E-state index contributed by atoms with van der Waals surface area (Å²) in [5, 5.41) is 0. The number of likely N-dealkylation sites (tertiary alicyclic amines) is 1. The van der Waals surface area contributed by atoms with E-state index in [1.54, 1.807) is 0 Å². The molecular weight excluding hydrogens is 660 g/mol. The highest BCUT2D eigenvalue weighted by Crippen LogP contribution is 2.57. The van der Waals surface area contributed by atoms with E-state index < -0.39 is 103 Å². The van der Waals surface area contributed by atoms with Gasteiger partial charge in [-0.3, -0.25) is 4.79 Å². The minimum absolute atomic E-state index is 0.213. The topological polar surface area (TPSA) is 63.7 Å². The lowest BCUT2D eigenvalue weighted by Crippen LogP contribution is -2.59. The summed E-state index contributed by atoms with van der Waals surface area (Å²) in [6.07, 6.45) is -14.6. The van der Waals surface area contributed by atoms with E-state index in [9.17, 15) is 57.1 Å². The van der Waals surface area contributed by atoms with Crippen LogP contribution in [-0.4, -0.2) is 50.8 Å². The van der Waals surface area contributed by atoms with Crippen molar-refractivity contribution < 1.29 is 61.9 Å². The molecule has 1 aliphatic carbocycles. The van der Waals surface area contributed by atoms with Gasteiger partial charge in [0.25, 0.3) is 5.60 Å². The summed E-state index contributed by atoms with van der Waals surface area (Å²) in [4.78, 5) is 13.6. The fourth-order valence-corrected chi connectivity index (χ4v) is 8.05. The summed E-state index contributed by atoms with van der Waals surface area (Å²) in [5.74, 6) is -5.22. The summed E-state index contributed by atoms with van der Waals surface area (Å²) in [7, 11) is -4.56. The van der Waals surface area contributed by atoms with Crippen molar-refractivity contribution in [3.8, 4) is 0 Å². The molecule has 3 aromatic rings. The van der Waals surface area contributed by atoms with E-state index in [0.717, 1.165) is 35.2 Å². The van der Waals surface area contributed by atoms with E-state index in [0.29, 0.717) is 36.4 Å². The minimum Gasteiger partial charge on any atom is -0.349 e. The maximum atomic E-state index is 14.4. The normalized spacial score (nSPS) is 21.1. The molecule has 1 saturated heterocycles. The Kier molecular flexibility index (Phi) is 8.46. The number of alkyl halides is 7. The van der Waals surface area contributed by atoms with Crippen molar-refractivity contribution in [1.29, 1.82) is 0 Å². The highest BCUT2D eigenvalue weighted by atomic mass is 32.2. The maximum Gasteiger partial charge on any atom is 0.430 e. The zero-order chi connectivity index (χ0) is 33.9. The first kappa shape index (κ1) is 33.7. The molecule has 0 spiro atoms. The van der Waals surface area contributed by atoms with Crippen LogP contribution >= 0.6 is 0 Å². The first-order valence-electron chi connectivity index (χ1n) is 13.6. The molecule has 1 amide bonds. The molecular formula is C30H23F10NO4S. The standard InChI is InChI=1S/C30H23F10NO4S/c31-20-8-10-22(11-9-20)46(43,44)27(12-17(13-27)26(42)41-14-21(32)15-41)18-4-6-19(7-5-18)28(29(35,36)37,30(38,39)40)45-16-23-24(33)2-1-3-25(23)34/h1-11,17,21H,12-16H2/t17-,27+. The lowest BCUT2D eigenvalue weighted by molar-refractivity contribution is -0.392. The molecule has 16 heteroatoms. The third kappa shape index (κ3) is 5.42. The van der Waals surface area contributed by atoms with Crippen LogP contribution in [0.3, 0.4) is 0 Å². The Morgan fingerprint density at radius 2 is 1.35 bits per heavy atom. The van der Waals surface area contributed by atoms with Crippen LogP contribution in [0.4, 0.5) is 43.9 Å². The molecule has 0 radical (unpaired) electrons. The average Bonchev–Trinajstić information content (AvgIpc) is 2.91. The van der Waals surface area contributed by atoms with Crippen LogP contribution in [0.25, 0.3) is 0 Å². The Morgan fingerprint density at radius 3 is 1.83 bits per heavy atom. The second-order valence-electron chi connectivity index (χ2n) is 11.1. The predicted molar refractivity (Wildman–Crippen MR) is 141 cm³/mol. The average molecular weight is 684 g/mol. The Bertz CT molecular complexity index is 1680. The highest BCUT2D eigenvalue weighted by Gasteiger charge is 2.73. The van der Waals surface area contributed by atoms with Crippen LogP contribution in [0.1, 0.15) is 29.5 Å². The van der Waals surface area contributed by atoms with E-state index in [1.807, 2.05) is 0 Å². The van der Waals surface area contributed by atoms with Gasteiger partial charge >= 0.3 is 12.4 Å². The number of carbonyl (C=O) groups is 1. The summed E-state index contributed by atoms with van der Waals surface area (Å²) in [6, 6.07) is 7.71. The SMILES string of the molecule is O=C([C@H]1C[C@@](c2ccc(C(OCc3c(F)cccc3F)(C(F)(F)F)C(F)(F)F)cc2)(S(=O)(=O)c2ccc(F)cc2)C1)N1CC(F)C1. The predicted octanol–water partition coefficient (Wildman–Crippen LogP) is 6.90. The van der Waals surface area contributed by atoms with E-state index in [4.69, 9.17) is 0 Å². The second-order valence-corrected chi connectivity index (χ2v) is 13.4. The lowest BCUT2D eigenvalue weighted by atomic mass is 9.69. The van der Waals surface area contributed by atoms with Crippen molar-refractivity contribution >= 4 is 15.7 Å². The zero-order valence-corrected chi connectivity index (χ0v) is 24.1. The van der Waals surface area contributed by atoms with E-state index in [2.05, 4.69) is 4.74 Å². The van der Waals surface area contributed by atoms with E-state index >= 15 is 0 Å². The number of rotatable bonds is 8. The quantitative estimate of drug-likeness (QED) is 0.192. The number of hydrogen-bond acceptors (Lipinski definition) is 4. The number of amides is 1.